The first kappa shape index (κ1) is 24.3. The minimum atomic E-state index is -1.31. The van der Waals surface area contributed by atoms with Crippen LogP contribution >= 0.6 is 0 Å². The Morgan fingerprint density at radius 3 is 1.83 bits per heavy atom. The molecule has 2 aliphatic rings. The van der Waals surface area contributed by atoms with Gasteiger partial charge >= 0.3 is 6.16 Å². The van der Waals surface area contributed by atoms with E-state index in [0.717, 1.165) is 22.3 Å². The molecule has 6 heteroatoms. The maximum atomic E-state index is 11.0. The van der Waals surface area contributed by atoms with Crippen LogP contribution in [0.15, 0.2) is 103 Å². The van der Waals surface area contributed by atoms with E-state index >= 15 is 0 Å². The van der Waals surface area contributed by atoms with Crippen LogP contribution in [0.1, 0.15) is 30.5 Å². The fourth-order valence-corrected chi connectivity index (χ4v) is 5.25. The zero-order valence-electron chi connectivity index (χ0n) is 20.4. The maximum absolute atomic E-state index is 11.0. The van der Waals surface area contributed by atoms with Gasteiger partial charge in [0.05, 0.1) is 6.61 Å². The summed E-state index contributed by atoms with van der Waals surface area (Å²) < 4.78 is 24.2. The van der Waals surface area contributed by atoms with Crippen LogP contribution in [0, 0.1) is 5.92 Å². The number of fused-ring (bicyclic) bond motifs is 1. The van der Waals surface area contributed by atoms with Gasteiger partial charge in [-0.3, -0.25) is 0 Å². The average Bonchev–Trinajstić information content (AvgIpc) is 3.38. The molecule has 0 spiro atoms. The van der Waals surface area contributed by atoms with Crippen LogP contribution in [-0.2, 0) is 24.5 Å². The van der Waals surface area contributed by atoms with Crippen molar-refractivity contribution in [2.45, 2.75) is 37.4 Å². The van der Waals surface area contributed by atoms with Crippen molar-refractivity contribution in [1.29, 1.82) is 0 Å². The van der Waals surface area contributed by atoms with Crippen molar-refractivity contribution >= 4 is 6.16 Å². The second-order valence-electron chi connectivity index (χ2n) is 9.57. The van der Waals surface area contributed by atoms with Crippen molar-refractivity contribution in [1.82, 2.24) is 0 Å². The van der Waals surface area contributed by atoms with Gasteiger partial charge in [0.2, 0.25) is 0 Å². The first-order chi connectivity index (χ1) is 17.4. The Bertz CT molecular complexity index is 1110. The van der Waals surface area contributed by atoms with Crippen molar-refractivity contribution in [3.05, 3.63) is 119 Å². The van der Waals surface area contributed by atoms with E-state index in [1.54, 1.807) is 0 Å². The van der Waals surface area contributed by atoms with Crippen molar-refractivity contribution in [2.24, 2.45) is 5.92 Å². The SMILES string of the molecule is CC1(C)O[C@@H]2[C@H](O1)C(COC(c1ccccc1)(c1ccccc1)c1ccccc1)=C[C@H]2COC(=O)O. The summed E-state index contributed by atoms with van der Waals surface area (Å²) in [4.78, 5) is 11.0. The predicted octanol–water partition coefficient (Wildman–Crippen LogP) is 5.77. The van der Waals surface area contributed by atoms with Crippen molar-refractivity contribution < 1.29 is 28.8 Å². The zero-order valence-corrected chi connectivity index (χ0v) is 20.4. The molecule has 1 heterocycles. The number of rotatable bonds is 8. The van der Waals surface area contributed by atoms with Gasteiger partial charge in [0.25, 0.3) is 0 Å². The number of hydrogen-bond donors (Lipinski definition) is 1. The molecule has 3 aromatic rings. The molecule has 1 aliphatic heterocycles. The van der Waals surface area contributed by atoms with E-state index in [1.165, 1.54) is 0 Å². The molecule has 3 atom stereocenters. The highest BCUT2D eigenvalue weighted by Gasteiger charge is 2.51. The monoisotopic (exact) mass is 486 g/mol. The number of hydrogen-bond acceptors (Lipinski definition) is 5. The smallest absolute Gasteiger partial charge is 0.450 e. The summed E-state index contributed by atoms with van der Waals surface area (Å²) in [5, 5.41) is 9.03. The molecule has 36 heavy (non-hydrogen) atoms. The van der Waals surface area contributed by atoms with Crippen LogP contribution in [0.3, 0.4) is 0 Å². The highest BCUT2D eigenvalue weighted by molar-refractivity contribution is 5.56. The summed E-state index contributed by atoms with van der Waals surface area (Å²) in [5.41, 5.74) is 3.06. The Morgan fingerprint density at radius 2 is 1.36 bits per heavy atom. The van der Waals surface area contributed by atoms with E-state index in [1.807, 2.05) is 74.5 Å². The second kappa shape index (κ2) is 9.90. The molecular weight excluding hydrogens is 456 g/mol. The lowest BCUT2D eigenvalue weighted by Gasteiger charge is -2.36. The quantitative estimate of drug-likeness (QED) is 0.248. The van der Waals surface area contributed by atoms with Crippen LogP contribution in [-0.4, -0.2) is 42.5 Å². The number of ether oxygens (including phenoxy) is 4. The van der Waals surface area contributed by atoms with Crippen LogP contribution in [0.2, 0.25) is 0 Å². The van der Waals surface area contributed by atoms with Gasteiger partial charge in [0, 0.05) is 5.92 Å². The van der Waals surface area contributed by atoms with Gasteiger partial charge in [-0.1, -0.05) is 97.1 Å². The van der Waals surface area contributed by atoms with Gasteiger partial charge in [-0.05, 0) is 36.1 Å². The largest absolute Gasteiger partial charge is 0.505 e. The van der Waals surface area contributed by atoms with Crippen molar-refractivity contribution in [2.75, 3.05) is 13.2 Å². The van der Waals surface area contributed by atoms with Crippen molar-refractivity contribution in [3.8, 4) is 0 Å². The highest BCUT2D eigenvalue weighted by atomic mass is 16.8. The highest BCUT2D eigenvalue weighted by Crippen LogP contribution is 2.44. The van der Waals surface area contributed by atoms with Crippen LogP contribution in [0.25, 0.3) is 0 Å². The fourth-order valence-electron chi connectivity index (χ4n) is 5.25. The molecule has 0 radical (unpaired) electrons. The fraction of sp³-hybridized carbons (Fsp3) is 0.300. The molecule has 0 unspecified atom stereocenters. The maximum Gasteiger partial charge on any atom is 0.505 e. The van der Waals surface area contributed by atoms with Crippen LogP contribution < -0.4 is 0 Å². The summed E-state index contributed by atoms with van der Waals surface area (Å²) in [5.74, 6) is -1.04. The van der Waals surface area contributed by atoms with Gasteiger partial charge in [-0.15, -0.1) is 0 Å². The van der Waals surface area contributed by atoms with Gasteiger partial charge < -0.3 is 24.1 Å². The first-order valence-corrected chi connectivity index (χ1v) is 12.1. The summed E-state index contributed by atoms with van der Waals surface area (Å²) >= 11 is 0. The normalized spacial score (nSPS) is 22.6. The Hall–Kier alpha value is -3.45. The molecular formula is C30H30O6. The third kappa shape index (κ3) is 4.67. The van der Waals surface area contributed by atoms with Gasteiger partial charge in [-0.2, -0.15) is 0 Å². The minimum Gasteiger partial charge on any atom is -0.450 e. The Balaban J connectivity index is 1.54. The number of carbonyl (C=O) groups is 1. The third-order valence-corrected chi connectivity index (χ3v) is 6.74. The summed E-state index contributed by atoms with van der Waals surface area (Å²) in [7, 11) is 0. The standard InChI is InChI=1S/C30H30O6/c1-29(2)35-26-21(19-33-28(31)32)18-22(27(26)36-29)20-34-30(23-12-6-3-7-13-23,24-14-8-4-9-15-24)25-16-10-5-11-17-25/h3-18,21,26-27H,19-20H2,1-2H3,(H,31,32)/t21-,26-,27+/m0/s1. The average molecular weight is 487 g/mol. The van der Waals surface area contributed by atoms with E-state index in [2.05, 4.69) is 36.4 Å². The van der Waals surface area contributed by atoms with Crippen molar-refractivity contribution in [3.63, 3.8) is 0 Å². The summed E-state index contributed by atoms with van der Waals surface area (Å²) in [6.45, 7) is 3.99. The first-order valence-electron chi connectivity index (χ1n) is 12.1. The lowest BCUT2D eigenvalue weighted by Crippen LogP contribution is -2.35. The molecule has 1 N–H and O–H groups in total. The lowest BCUT2D eigenvalue weighted by molar-refractivity contribution is -0.150. The topological polar surface area (TPSA) is 74.2 Å². The van der Waals surface area contributed by atoms with E-state index in [-0.39, 0.29) is 31.3 Å². The molecule has 1 saturated heterocycles. The molecule has 0 bridgehead atoms. The zero-order chi connectivity index (χ0) is 25.2. The predicted molar refractivity (Wildman–Crippen MR) is 135 cm³/mol. The van der Waals surface area contributed by atoms with E-state index in [4.69, 9.17) is 24.1 Å². The summed E-state index contributed by atoms with van der Waals surface area (Å²) in [6, 6.07) is 30.5. The minimum absolute atomic E-state index is 0.000634. The van der Waals surface area contributed by atoms with E-state index in [0.29, 0.717) is 0 Å². The van der Waals surface area contributed by atoms with Gasteiger partial charge in [0.15, 0.2) is 5.79 Å². The molecule has 1 aliphatic carbocycles. The summed E-state index contributed by atoms with van der Waals surface area (Å²) in [6.07, 6.45) is -0.00165. The number of benzene rings is 3. The Labute approximate surface area is 211 Å². The van der Waals surface area contributed by atoms with Gasteiger partial charge in [-0.25, -0.2) is 4.79 Å². The molecule has 0 aromatic heterocycles. The Kier molecular flexibility index (Phi) is 6.67. The van der Waals surface area contributed by atoms with E-state index < -0.39 is 17.5 Å². The lowest BCUT2D eigenvalue weighted by atomic mass is 9.80. The molecule has 6 nitrogen and oxygen atoms in total. The molecule has 5 rings (SSSR count). The molecule has 1 fully saturated rings. The molecule has 186 valence electrons. The third-order valence-electron chi connectivity index (χ3n) is 6.74. The molecule has 0 saturated carbocycles. The van der Waals surface area contributed by atoms with Crippen LogP contribution in [0.5, 0.6) is 0 Å². The molecule has 0 amide bonds. The van der Waals surface area contributed by atoms with Crippen LogP contribution in [0.4, 0.5) is 4.79 Å². The Morgan fingerprint density at radius 1 is 0.861 bits per heavy atom. The number of carboxylic acid groups (broad SMARTS) is 1. The van der Waals surface area contributed by atoms with E-state index in [9.17, 15) is 4.79 Å². The van der Waals surface area contributed by atoms with Gasteiger partial charge in [0.1, 0.15) is 24.4 Å². The molecule has 3 aromatic carbocycles. The second-order valence-corrected chi connectivity index (χ2v) is 9.57.